The van der Waals surface area contributed by atoms with Gasteiger partial charge in [0.15, 0.2) is 6.10 Å². The van der Waals surface area contributed by atoms with E-state index in [1.165, 1.54) is 6.92 Å². The molecule has 2 aromatic rings. The van der Waals surface area contributed by atoms with Crippen molar-refractivity contribution >= 4 is 21.8 Å². The molecular formula is C21H22FNO6S. The van der Waals surface area contributed by atoms with Gasteiger partial charge in [-0.2, -0.15) is 4.31 Å². The lowest BCUT2D eigenvalue weighted by atomic mass is 10.1. The van der Waals surface area contributed by atoms with Gasteiger partial charge in [0, 0.05) is 18.7 Å². The molecule has 2 aromatic carbocycles. The molecule has 1 aliphatic heterocycles. The van der Waals surface area contributed by atoms with Crippen LogP contribution in [0, 0.1) is 12.7 Å². The second kappa shape index (κ2) is 9.03. The van der Waals surface area contributed by atoms with E-state index in [0.717, 1.165) is 28.1 Å². The highest BCUT2D eigenvalue weighted by Gasteiger charge is 2.30. The van der Waals surface area contributed by atoms with E-state index in [1.54, 1.807) is 24.3 Å². The van der Waals surface area contributed by atoms with Crippen LogP contribution in [0.15, 0.2) is 47.4 Å². The summed E-state index contributed by atoms with van der Waals surface area (Å²) in [6, 6.07) is 9.76. The number of rotatable bonds is 6. The number of esters is 1. The molecule has 0 bridgehead atoms. The van der Waals surface area contributed by atoms with Gasteiger partial charge in [0.05, 0.1) is 18.8 Å². The Morgan fingerprint density at radius 2 is 1.67 bits per heavy atom. The number of nitrogens with zero attached hydrogens (tertiary/aromatic N) is 1. The predicted molar refractivity (Wildman–Crippen MR) is 106 cm³/mol. The van der Waals surface area contributed by atoms with E-state index in [9.17, 15) is 22.4 Å². The number of benzene rings is 2. The summed E-state index contributed by atoms with van der Waals surface area (Å²) in [6.07, 6.45) is -1.09. The molecule has 30 heavy (non-hydrogen) atoms. The van der Waals surface area contributed by atoms with Crippen molar-refractivity contribution in [1.82, 2.24) is 4.31 Å². The molecule has 3 rings (SSSR count). The Morgan fingerprint density at radius 3 is 2.30 bits per heavy atom. The second-order valence-electron chi connectivity index (χ2n) is 6.94. The van der Waals surface area contributed by atoms with Crippen LogP contribution in [-0.2, 0) is 19.5 Å². The molecule has 1 atom stereocenters. The molecule has 160 valence electrons. The fourth-order valence-electron chi connectivity index (χ4n) is 2.99. The Labute approximate surface area is 174 Å². The zero-order valence-corrected chi connectivity index (χ0v) is 17.4. The predicted octanol–water partition coefficient (Wildman–Crippen LogP) is 2.58. The van der Waals surface area contributed by atoms with Gasteiger partial charge >= 0.3 is 5.97 Å². The molecule has 0 spiro atoms. The summed E-state index contributed by atoms with van der Waals surface area (Å²) in [6.45, 7) is 3.92. The van der Waals surface area contributed by atoms with E-state index in [2.05, 4.69) is 0 Å². The van der Waals surface area contributed by atoms with Gasteiger partial charge in [-0.1, -0.05) is 29.8 Å². The lowest BCUT2D eigenvalue weighted by Crippen LogP contribution is -2.41. The van der Waals surface area contributed by atoms with E-state index in [0.29, 0.717) is 5.56 Å². The van der Waals surface area contributed by atoms with Gasteiger partial charge in [-0.15, -0.1) is 0 Å². The highest BCUT2D eigenvalue weighted by molar-refractivity contribution is 7.89. The summed E-state index contributed by atoms with van der Waals surface area (Å²) in [7, 11) is -4.14. The molecule has 0 saturated carbocycles. The number of carbonyl (C=O) groups is 2. The van der Waals surface area contributed by atoms with E-state index in [1.807, 2.05) is 6.92 Å². The first kappa shape index (κ1) is 22.1. The maximum atomic E-state index is 14.3. The van der Waals surface area contributed by atoms with E-state index in [4.69, 9.17) is 9.47 Å². The van der Waals surface area contributed by atoms with E-state index >= 15 is 0 Å². The fraction of sp³-hybridized carbons (Fsp3) is 0.333. The molecule has 0 amide bonds. The molecule has 1 saturated heterocycles. The molecule has 7 nitrogen and oxygen atoms in total. The zero-order chi connectivity index (χ0) is 21.9. The minimum Gasteiger partial charge on any atom is -0.451 e. The molecular weight excluding hydrogens is 413 g/mol. The van der Waals surface area contributed by atoms with Gasteiger partial charge in [0.1, 0.15) is 10.7 Å². The molecule has 1 aliphatic rings. The van der Waals surface area contributed by atoms with Crippen molar-refractivity contribution in [3.05, 3.63) is 65.0 Å². The first-order chi connectivity index (χ1) is 14.2. The van der Waals surface area contributed by atoms with Crippen LogP contribution in [0.25, 0.3) is 0 Å². The maximum absolute atomic E-state index is 14.3. The lowest BCUT2D eigenvalue weighted by Gasteiger charge is -2.26. The number of ether oxygens (including phenoxy) is 2. The minimum absolute atomic E-state index is 0.0958. The fourth-order valence-corrected chi connectivity index (χ4v) is 4.49. The molecule has 9 heteroatoms. The topological polar surface area (TPSA) is 90.0 Å². The van der Waals surface area contributed by atoms with Crippen LogP contribution in [0.2, 0.25) is 0 Å². The first-order valence-electron chi connectivity index (χ1n) is 9.39. The lowest BCUT2D eigenvalue weighted by molar-refractivity contribution is 0.0318. The molecule has 0 radical (unpaired) electrons. The van der Waals surface area contributed by atoms with Gasteiger partial charge in [-0.25, -0.2) is 17.6 Å². The van der Waals surface area contributed by atoms with Crippen LogP contribution in [0.5, 0.6) is 0 Å². The first-order valence-corrected chi connectivity index (χ1v) is 10.8. The molecule has 0 aromatic heterocycles. The van der Waals surface area contributed by atoms with Gasteiger partial charge < -0.3 is 9.47 Å². The third kappa shape index (κ3) is 4.75. The van der Waals surface area contributed by atoms with E-state index in [-0.39, 0.29) is 31.9 Å². The summed E-state index contributed by atoms with van der Waals surface area (Å²) in [5.74, 6) is -2.28. The third-order valence-electron chi connectivity index (χ3n) is 4.74. The standard InChI is InChI=1S/C21H22FNO6S/c1-14-3-5-16(6-4-14)20(24)15(2)29-21(25)17-7-8-18(22)19(13-17)30(26,27)23-9-11-28-12-10-23/h3-8,13,15H,9-12H2,1-2H3/t15-/m0/s1. The largest absolute Gasteiger partial charge is 0.451 e. The van der Waals surface area contributed by atoms with Crippen LogP contribution in [-0.4, -0.2) is 56.9 Å². The molecule has 0 aliphatic carbocycles. The van der Waals surface area contributed by atoms with Crippen LogP contribution in [0.4, 0.5) is 4.39 Å². The van der Waals surface area contributed by atoms with Gasteiger partial charge in [-0.05, 0) is 32.0 Å². The smallest absolute Gasteiger partial charge is 0.338 e. The Hall–Kier alpha value is -2.62. The number of sulfonamides is 1. The summed E-state index contributed by atoms with van der Waals surface area (Å²) in [5, 5.41) is 0. The maximum Gasteiger partial charge on any atom is 0.338 e. The van der Waals surface area contributed by atoms with Crippen molar-refractivity contribution < 1.29 is 31.9 Å². The van der Waals surface area contributed by atoms with E-state index < -0.39 is 38.6 Å². The summed E-state index contributed by atoms with van der Waals surface area (Å²) >= 11 is 0. The van der Waals surface area contributed by atoms with Crippen LogP contribution >= 0.6 is 0 Å². The Morgan fingerprint density at radius 1 is 1.07 bits per heavy atom. The quantitative estimate of drug-likeness (QED) is 0.512. The average Bonchev–Trinajstić information content (AvgIpc) is 2.74. The number of morpholine rings is 1. The highest BCUT2D eigenvalue weighted by Crippen LogP contribution is 2.22. The minimum atomic E-state index is -4.14. The molecule has 0 N–H and O–H groups in total. The number of halogens is 1. The molecule has 1 fully saturated rings. The average molecular weight is 435 g/mol. The number of hydrogen-bond acceptors (Lipinski definition) is 6. The second-order valence-corrected chi connectivity index (χ2v) is 8.85. The summed E-state index contributed by atoms with van der Waals surface area (Å²) in [5.41, 5.74) is 1.21. The van der Waals surface area contributed by atoms with Crippen LogP contribution in [0.1, 0.15) is 33.2 Å². The Balaban J connectivity index is 1.78. The number of Topliss-reactive ketones (excluding diaryl/α,β-unsaturated/α-hetero) is 1. The number of hydrogen-bond donors (Lipinski definition) is 0. The van der Waals surface area contributed by atoms with Crippen LogP contribution < -0.4 is 0 Å². The Bertz CT molecular complexity index is 1050. The highest BCUT2D eigenvalue weighted by atomic mass is 32.2. The summed E-state index contributed by atoms with van der Waals surface area (Å²) < 4.78 is 51.2. The van der Waals surface area contributed by atoms with Gasteiger partial charge in [0.25, 0.3) is 0 Å². The van der Waals surface area contributed by atoms with Crippen molar-refractivity contribution in [1.29, 1.82) is 0 Å². The van der Waals surface area contributed by atoms with Crippen LogP contribution in [0.3, 0.4) is 0 Å². The van der Waals surface area contributed by atoms with Crippen molar-refractivity contribution in [2.75, 3.05) is 26.3 Å². The van der Waals surface area contributed by atoms with Crippen molar-refractivity contribution in [3.63, 3.8) is 0 Å². The molecule has 0 unspecified atom stereocenters. The molecule has 1 heterocycles. The Kier molecular flexibility index (Phi) is 6.64. The summed E-state index contributed by atoms with van der Waals surface area (Å²) in [4.78, 5) is 24.3. The van der Waals surface area contributed by atoms with Gasteiger partial charge in [0.2, 0.25) is 15.8 Å². The normalized spacial score (nSPS) is 16.1. The van der Waals surface area contributed by atoms with Crippen molar-refractivity contribution in [2.24, 2.45) is 0 Å². The number of ketones is 1. The number of aryl methyl sites for hydroxylation is 1. The van der Waals surface area contributed by atoms with Gasteiger partial charge in [-0.3, -0.25) is 4.79 Å². The van der Waals surface area contributed by atoms with Crippen molar-refractivity contribution in [2.45, 2.75) is 24.8 Å². The monoisotopic (exact) mass is 435 g/mol. The third-order valence-corrected chi connectivity index (χ3v) is 6.66. The number of carbonyl (C=O) groups excluding carboxylic acids is 2. The van der Waals surface area contributed by atoms with Crippen molar-refractivity contribution in [3.8, 4) is 0 Å². The SMILES string of the molecule is Cc1ccc(C(=O)[C@H](C)OC(=O)c2ccc(F)c(S(=O)(=O)N3CCOCC3)c2)cc1. The zero-order valence-electron chi connectivity index (χ0n) is 16.6.